The van der Waals surface area contributed by atoms with E-state index in [2.05, 4.69) is 4.99 Å². The van der Waals surface area contributed by atoms with Crippen LogP contribution in [0.1, 0.15) is 34.1 Å². The standard InChI is InChI=1S/C13H19N5O3/c1-5-6-15-12(21)9(2)7-16-13(15)14-8-17(16)18(10(3)19)11(4)20/h7H,5-6,8H2,1-4H3. The number of amides is 3. The molecule has 0 saturated carbocycles. The van der Waals surface area contributed by atoms with Crippen LogP contribution in [0.3, 0.4) is 0 Å². The number of aliphatic imine (C=N–C) groups is 1. The molecule has 0 unspecified atom stereocenters. The minimum absolute atomic E-state index is 0.106. The molecule has 0 aliphatic carbocycles. The van der Waals surface area contributed by atoms with Crippen LogP contribution < -0.4 is 0 Å². The van der Waals surface area contributed by atoms with Crippen molar-refractivity contribution in [2.75, 3.05) is 13.2 Å². The Kier molecular flexibility index (Phi) is 4.08. The fourth-order valence-corrected chi connectivity index (χ4v) is 2.38. The van der Waals surface area contributed by atoms with Crippen molar-refractivity contribution in [1.29, 1.82) is 0 Å². The molecular weight excluding hydrogens is 274 g/mol. The molecule has 8 nitrogen and oxygen atoms in total. The maximum atomic E-state index is 12.2. The van der Waals surface area contributed by atoms with Gasteiger partial charge in [0.1, 0.15) is 6.67 Å². The maximum absolute atomic E-state index is 12.2. The van der Waals surface area contributed by atoms with E-state index in [1.165, 1.54) is 19.0 Å². The molecule has 8 heteroatoms. The summed E-state index contributed by atoms with van der Waals surface area (Å²) >= 11 is 0. The van der Waals surface area contributed by atoms with Crippen LogP contribution in [-0.4, -0.2) is 56.9 Å². The van der Waals surface area contributed by atoms with Gasteiger partial charge >= 0.3 is 0 Å². The Hall–Kier alpha value is -2.22. The van der Waals surface area contributed by atoms with E-state index in [4.69, 9.17) is 0 Å². The molecule has 3 amide bonds. The fourth-order valence-electron chi connectivity index (χ4n) is 2.38. The van der Waals surface area contributed by atoms with Gasteiger partial charge < -0.3 is 0 Å². The largest absolute Gasteiger partial charge is 0.277 e. The number of hydrogen-bond acceptors (Lipinski definition) is 6. The molecule has 0 spiro atoms. The van der Waals surface area contributed by atoms with Crippen molar-refractivity contribution < 1.29 is 14.4 Å². The van der Waals surface area contributed by atoms with Crippen molar-refractivity contribution in [2.24, 2.45) is 4.99 Å². The van der Waals surface area contributed by atoms with Crippen molar-refractivity contribution in [3.05, 3.63) is 11.8 Å². The van der Waals surface area contributed by atoms with Gasteiger partial charge in [0.2, 0.25) is 17.8 Å². The molecule has 0 bridgehead atoms. The van der Waals surface area contributed by atoms with E-state index in [1.54, 1.807) is 23.0 Å². The molecule has 114 valence electrons. The molecule has 2 heterocycles. The van der Waals surface area contributed by atoms with Crippen LogP contribution in [0.2, 0.25) is 0 Å². The predicted molar refractivity (Wildman–Crippen MR) is 74.9 cm³/mol. The van der Waals surface area contributed by atoms with Gasteiger partial charge in [-0.2, -0.15) is 5.01 Å². The van der Waals surface area contributed by atoms with Gasteiger partial charge in [0.15, 0.2) is 0 Å². The summed E-state index contributed by atoms with van der Waals surface area (Å²) in [6.45, 7) is 6.95. The summed E-state index contributed by atoms with van der Waals surface area (Å²) in [5, 5.41) is 4.02. The van der Waals surface area contributed by atoms with Crippen LogP contribution in [0.25, 0.3) is 0 Å². The SMILES string of the molecule is CCCN1C(=O)C(C)=CN2C1=NCN2N(C(C)=O)C(C)=O. The number of carbonyl (C=O) groups excluding carboxylic acids is 3. The number of hydrazine groups is 2. The third-order valence-corrected chi connectivity index (χ3v) is 3.21. The van der Waals surface area contributed by atoms with Gasteiger partial charge in [0.05, 0.1) is 0 Å². The number of fused-ring (bicyclic) bond motifs is 1. The van der Waals surface area contributed by atoms with Crippen LogP contribution in [0, 0.1) is 0 Å². The fraction of sp³-hybridized carbons (Fsp3) is 0.538. The number of hydrogen-bond donors (Lipinski definition) is 0. The van der Waals surface area contributed by atoms with E-state index >= 15 is 0 Å². The molecule has 2 rings (SSSR count). The first-order valence-electron chi connectivity index (χ1n) is 6.81. The van der Waals surface area contributed by atoms with Crippen molar-refractivity contribution in [1.82, 2.24) is 20.0 Å². The third-order valence-electron chi connectivity index (χ3n) is 3.21. The van der Waals surface area contributed by atoms with E-state index in [1.807, 2.05) is 6.92 Å². The minimum atomic E-state index is -0.399. The van der Waals surface area contributed by atoms with Gasteiger partial charge in [0, 0.05) is 32.2 Å². The van der Waals surface area contributed by atoms with Gasteiger partial charge in [-0.25, -0.2) is 10.0 Å². The monoisotopic (exact) mass is 293 g/mol. The normalized spacial score (nSPS) is 18.4. The predicted octanol–water partition coefficient (Wildman–Crippen LogP) is 0.298. The highest BCUT2D eigenvalue weighted by molar-refractivity contribution is 6.08. The quantitative estimate of drug-likeness (QED) is 0.748. The zero-order valence-corrected chi connectivity index (χ0v) is 12.7. The second-order valence-electron chi connectivity index (χ2n) is 4.94. The van der Waals surface area contributed by atoms with Crippen LogP contribution in [0.4, 0.5) is 0 Å². The van der Waals surface area contributed by atoms with Gasteiger partial charge in [0.25, 0.3) is 5.91 Å². The van der Waals surface area contributed by atoms with E-state index in [0.717, 1.165) is 11.4 Å². The Balaban J connectivity index is 2.36. The van der Waals surface area contributed by atoms with Crippen LogP contribution in [0.15, 0.2) is 16.8 Å². The lowest BCUT2D eigenvalue weighted by Gasteiger charge is -2.38. The molecular formula is C13H19N5O3. The van der Waals surface area contributed by atoms with Crippen molar-refractivity contribution in [3.8, 4) is 0 Å². The van der Waals surface area contributed by atoms with Crippen molar-refractivity contribution >= 4 is 23.7 Å². The Bertz CT molecular complexity index is 540. The molecule has 0 aromatic heterocycles. The van der Waals surface area contributed by atoms with E-state index in [-0.39, 0.29) is 12.6 Å². The highest BCUT2D eigenvalue weighted by Gasteiger charge is 2.40. The summed E-state index contributed by atoms with van der Waals surface area (Å²) in [4.78, 5) is 41.4. The summed E-state index contributed by atoms with van der Waals surface area (Å²) in [5.74, 6) is -0.460. The van der Waals surface area contributed by atoms with Crippen LogP contribution >= 0.6 is 0 Å². The van der Waals surface area contributed by atoms with Gasteiger partial charge in [-0.3, -0.25) is 19.3 Å². The highest BCUT2D eigenvalue weighted by Crippen LogP contribution is 2.23. The first kappa shape index (κ1) is 15.2. The smallest absolute Gasteiger partial charge is 0.257 e. The first-order valence-corrected chi connectivity index (χ1v) is 6.81. The lowest BCUT2D eigenvalue weighted by atomic mass is 10.2. The van der Waals surface area contributed by atoms with Crippen molar-refractivity contribution in [3.63, 3.8) is 0 Å². The Morgan fingerprint density at radius 3 is 2.48 bits per heavy atom. The summed E-state index contributed by atoms with van der Waals surface area (Å²) in [6, 6.07) is 0. The second-order valence-corrected chi connectivity index (χ2v) is 4.94. The molecule has 2 aliphatic rings. The number of nitrogens with zero attached hydrogens (tertiary/aromatic N) is 5. The van der Waals surface area contributed by atoms with E-state index in [9.17, 15) is 14.4 Å². The molecule has 0 N–H and O–H groups in total. The second kappa shape index (κ2) is 5.65. The molecule has 0 aromatic rings. The minimum Gasteiger partial charge on any atom is -0.277 e. The summed E-state index contributed by atoms with van der Waals surface area (Å²) in [7, 11) is 0. The Morgan fingerprint density at radius 2 is 1.95 bits per heavy atom. The molecule has 0 fully saturated rings. The highest BCUT2D eigenvalue weighted by atomic mass is 16.2. The molecule has 0 atom stereocenters. The molecule has 0 aromatic carbocycles. The zero-order chi connectivity index (χ0) is 15.7. The molecule has 2 aliphatic heterocycles. The molecule has 0 radical (unpaired) electrons. The molecule has 21 heavy (non-hydrogen) atoms. The average Bonchev–Trinajstić information content (AvgIpc) is 2.78. The van der Waals surface area contributed by atoms with E-state index in [0.29, 0.717) is 18.1 Å². The van der Waals surface area contributed by atoms with Gasteiger partial charge in [-0.15, -0.1) is 0 Å². The van der Waals surface area contributed by atoms with Crippen molar-refractivity contribution in [2.45, 2.75) is 34.1 Å². The van der Waals surface area contributed by atoms with Gasteiger partial charge in [-0.05, 0) is 13.3 Å². The summed E-state index contributed by atoms with van der Waals surface area (Å²) in [5.41, 5.74) is 0.529. The van der Waals surface area contributed by atoms with Gasteiger partial charge in [-0.1, -0.05) is 12.0 Å². The number of guanidine groups is 1. The maximum Gasteiger partial charge on any atom is 0.257 e. The third kappa shape index (κ3) is 2.54. The van der Waals surface area contributed by atoms with Crippen LogP contribution in [0.5, 0.6) is 0 Å². The summed E-state index contributed by atoms with van der Waals surface area (Å²) < 4.78 is 0. The lowest BCUT2D eigenvalue weighted by Crippen LogP contribution is -2.58. The zero-order valence-electron chi connectivity index (χ0n) is 12.7. The first-order chi connectivity index (χ1) is 9.88. The number of imide groups is 1. The average molecular weight is 293 g/mol. The Morgan fingerprint density at radius 1 is 1.33 bits per heavy atom. The number of rotatable bonds is 3. The Labute approximate surface area is 123 Å². The summed E-state index contributed by atoms with van der Waals surface area (Å²) in [6.07, 6.45) is 2.38. The molecule has 0 saturated heterocycles. The lowest BCUT2D eigenvalue weighted by molar-refractivity contribution is -0.177. The van der Waals surface area contributed by atoms with Crippen LogP contribution in [-0.2, 0) is 14.4 Å². The topological polar surface area (TPSA) is 76.5 Å². The van der Waals surface area contributed by atoms with E-state index < -0.39 is 11.8 Å². The number of carbonyl (C=O) groups is 3.